The Morgan fingerprint density at radius 2 is 2.20 bits per heavy atom. The minimum atomic E-state index is 0.446. The van der Waals surface area contributed by atoms with Crippen molar-refractivity contribution >= 4 is 22.6 Å². The first kappa shape index (κ1) is 10.5. The third kappa shape index (κ3) is 1.87. The molecule has 0 radical (unpaired) electrons. The van der Waals surface area contributed by atoms with Gasteiger partial charge in [0, 0.05) is 16.0 Å². The zero-order chi connectivity index (χ0) is 10.8. The molecule has 1 aromatic carbocycles. The highest BCUT2D eigenvalue weighted by Gasteiger charge is 2.12. The molecule has 0 aliphatic rings. The van der Waals surface area contributed by atoms with E-state index in [1.807, 2.05) is 18.2 Å². The summed E-state index contributed by atoms with van der Waals surface area (Å²) in [5, 5.41) is 1.84. The van der Waals surface area contributed by atoms with Crippen LogP contribution >= 0.6 is 11.6 Å². The third-order valence-electron chi connectivity index (χ3n) is 2.52. The fraction of sp³-hybridized carbons (Fsp3) is 0.333. The Balaban J connectivity index is 2.65. The van der Waals surface area contributed by atoms with E-state index in [0.717, 1.165) is 34.6 Å². The molecule has 2 rings (SSSR count). The lowest BCUT2D eigenvalue weighted by Crippen LogP contribution is -1.98. The van der Waals surface area contributed by atoms with E-state index >= 15 is 0 Å². The number of hydrogen-bond acceptors (Lipinski definition) is 2. The van der Waals surface area contributed by atoms with Crippen molar-refractivity contribution in [3.05, 3.63) is 34.5 Å². The predicted octanol–water partition coefficient (Wildman–Crippen LogP) is 3.50. The normalized spacial score (nSPS) is 11.1. The van der Waals surface area contributed by atoms with Gasteiger partial charge < -0.3 is 10.2 Å². The van der Waals surface area contributed by atoms with Crippen LogP contribution in [-0.2, 0) is 13.0 Å². The van der Waals surface area contributed by atoms with Crippen LogP contribution in [-0.4, -0.2) is 0 Å². The number of halogens is 1. The molecule has 0 aliphatic carbocycles. The number of furan rings is 1. The van der Waals surface area contributed by atoms with Crippen molar-refractivity contribution in [1.29, 1.82) is 0 Å². The van der Waals surface area contributed by atoms with Crippen LogP contribution in [0.3, 0.4) is 0 Å². The van der Waals surface area contributed by atoms with Crippen LogP contribution in [0.5, 0.6) is 0 Å². The van der Waals surface area contributed by atoms with E-state index in [2.05, 4.69) is 6.92 Å². The molecule has 0 atom stereocenters. The zero-order valence-corrected chi connectivity index (χ0v) is 9.47. The molecule has 2 nitrogen and oxygen atoms in total. The molecule has 0 aliphatic heterocycles. The molecule has 80 valence electrons. The molecular formula is C12H14ClNO. The van der Waals surface area contributed by atoms with Crippen molar-refractivity contribution in [3.63, 3.8) is 0 Å². The van der Waals surface area contributed by atoms with Crippen LogP contribution in [0, 0.1) is 0 Å². The Morgan fingerprint density at radius 3 is 2.87 bits per heavy atom. The van der Waals surface area contributed by atoms with Crippen molar-refractivity contribution < 1.29 is 4.42 Å². The molecule has 1 aromatic heterocycles. The van der Waals surface area contributed by atoms with Crippen LogP contribution in [0.15, 0.2) is 22.6 Å². The van der Waals surface area contributed by atoms with E-state index in [4.69, 9.17) is 21.8 Å². The molecule has 0 saturated heterocycles. The highest BCUT2D eigenvalue weighted by molar-refractivity contribution is 6.31. The Hall–Kier alpha value is -0.990. The second kappa shape index (κ2) is 4.25. The summed E-state index contributed by atoms with van der Waals surface area (Å²) in [5.41, 5.74) is 7.74. The number of fused-ring (bicyclic) bond motifs is 1. The summed E-state index contributed by atoms with van der Waals surface area (Å²) >= 11 is 5.97. The summed E-state index contributed by atoms with van der Waals surface area (Å²) in [5.74, 6) is 0.883. The molecule has 0 amide bonds. The van der Waals surface area contributed by atoms with Crippen LogP contribution in [0.25, 0.3) is 11.0 Å². The van der Waals surface area contributed by atoms with Gasteiger partial charge in [0.1, 0.15) is 11.3 Å². The highest BCUT2D eigenvalue weighted by atomic mass is 35.5. The molecule has 2 aromatic rings. The Morgan fingerprint density at radius 1 is 1.40 bits per heavy atom. The molecule has 0 unspecified atom stereocenters. The van der Waals surface area contributed by atoms with Crippen molar-refractivity contribution in [1.82, 2.24) is 0 Å². The number of rotatable bonds is 3. The molecule has 0 spiro atoms. The summed E-state index contributed by atoms with van der Waals surface area (Å²) in [6.07, 6.45) is 2.06. The Bertz CT molecular complexity index is 476. The van der Waals surface area contributed by atoms with E-state index in [0.29, 0.717) is 6.54 Å². The summed E-state index contributed by atoms with van der Waals surface area (Å²) in [6.45, 7) is 2.59. The van der Waals surface area contributed by atoms with Crippen LogP contribution in [0.2, 0.25) is 5.02 Å². The van der Waals surface area contributed by atoms with E-state index in [-0.39, 0.29) is 0 Å². The Labute approximate surface area is 94.0 Å². The molecule has 1 heterocycles. The second-order valence-corrected chi connectivity index (χ2v) is 4.03. The van der Waals surface area contributed by atoms with Crippen molar-refractivity contribution in [3.8, 4) is 0 Å². The predicted molar refractivity (Wildman–Crippen MR) is 63.1 cm³/mol. The van der Waals surface area contributed by atoms with Gasteiger partial charge in [-0.1, -0.05) is 24.9 Å². The smallest absolute Gasteiger partial charge is 0.134 e. The van der Waals surface area contributed by atoms with Crippen LogP contribution in [0.4, 0.5) is 0 Å². The minimum Gasteiger partial charge on any atom is -0.459 e. The maximum absolute atomic E-state index is 5.97. The maximum atomic E-state index is 5.97. The second-order valence-electron chi connectivity index (χ2n) is 3.60. The number of benzene rings is 1. The molecule has 0 fully saturated rings. The lowest BCUT2D eigenvalue weighted by molar-refractivity contribution is 0.545. The van der Waals surface area contributed by atoms with Crippen molar-refractivity contribution in [2.75, 3.05) is 0 Å². The first-order valence-electron chi connectivity index (χ1n) is 5.16. The topological polar surface area (TPSA) is 39.2 Å². The fourth-order valence-electron chi connectivity index (χ4n) is 1.86. The van der Waals surface area contributed by atoms with Gasteiger partial charge >= 0.3 is 0 Å². The minimum absolute atomic E-state index is 0.446. The summed E-state index contributed by atoms with van der Waals surface area (Å²) < 4.78 is 5.67. The first-order valence-corrected chi connectivity index (χ1v) is 5.54. The van der Waals surface area contributed by atoms with Crippen molar-refractivity contribution in [2.24, 2.45) is 5.73 Å². The highest BCUT2D eigenvalue weighted by Crippen LogP contribution is 2.29. The fourth-order valence-corrected chi connectivity index (χ4v) is 2.03. The zero-order valence-electron chi connectivity index (χ0n) is 8.72. The van der Waals surface area contributed by atoms with Gasteiger partial charge in [-0.15, -0.1) is 0 Å². The summed E-state index contributed by atoms with van der Waals surface area (Å²) in [7, 11) is 0. The van der Waals surface area contributed by atoms with E-state index < -0.39 is 0 Å². The van der Waals surface area contributed by atoms with Gasteiger partial charge in [0.05, 0.1) is 6.54 Å². The third-order valence-corrected chi connectivity index (χ3v) is 2.76. The number of nitrogens with two attached hydrogens (primary N) is 1. The lowest BCUT2D eigenvalue weighted by Gasteiger charge is -1.97. The van der Waals surface area contributed by atoms with Crippen LogP contribution in [0.1, 0.15) is 24.7 Å². The molecule has 2 N–H and O–H groups in total. The molecule has 0 bridgehead atoms. The van der Waals surface area contributed by atoms with Gasteiger partial charge in [-0.25, -0.2) is 0 Å². The average molecular weight is 224 g/mol. The largest absolute Gasteiger partial charge is 0.459 e. The molecule has 15 heavy (non-hydrogen) atoms. The van der Waals surface area contributed by atoms with Gasteiger partial charge in [-0.3, -0.25) is 0 Å². The van der Waals surface area contributed by atoms with Gasteiger partial charge in [0.25, 0.3) is 0 Å². The quantitative estimate of drug-likeness (QED) is 0.865. The SMILES string of the molecule is CCCc1c(CN)oc2ccc(Cl)cc12. The number of hydrogen-bond donors (Lipinski definition) is 1. The Kier molecular flexibility index (Phi) is 2.98. The average Bonchev–Trinajstić information content (AvgIpc) is 2.57. The molecule has 3 heteroatoms. The molecule has 0 saturated carbocycles. The lowest BCUT2D eigenvalue weighted by atomic mass is 10.1. The standard InChI is InChI=1S/C12H14ClNO/c1-2-3-9-10-6-8(13)4-5-11(10)15-12(9)7-14/h4-6H,2-3,7,14H2,1H3. The first-order chi connectivity index (χ1) is 7.26. The van der Waals surface area contributed by atoms with E-state index in [9.17, 15) is 0 Å². The van der Waals surface area contributed by atoms with E-state index in [1.54, 1.807) is 0 Å². The van der Waals surface area contributed by atoms with Gasteiger partial charge in [0.15, 0.2) is 0 Å². The monoisotopic (exact) mass is 223 g/mol. The van der Waals surface area contributed by atoms with E-state index in [1.165, 1.54) is 5.56 Å². The maximum Gasteiger partial charge on any atom is 0.134 e. The van der Waals surface area contributed by atoms with Gasteiger partial charge in [0.2, 0.25) is 0 Å². The summed E-state index contributed by atoms with van der Waals surface area (Å²) in [4.78, 5) is 0. The summed E-state index contributed by atoms with van der Waals surface area (Å²) in [6, 6.07) is 5.68. The molecular weight excluding hydrogens is 210 g/mol. The number of aryl methyl sites for hydroxylation is 1. The van der Waals surface area contributed by atoms with Crippen molar-refractivity contribution in [2.45, 2.75) is 26.3 Å². The van der Waals surface area contributed by atoms with Gasteiger partial charge in [-0.05, 0) is 24.6 Å². The van der Waals surface area contributed by atoms with Gasteiger partial charge in [-0.2, -0.15) is 0 Å². The van der Waals surface area contributed by atoms with Crippen LogP contribution < -0.4 is 5.73 Å².